The summed E-state index contributed by atoms with van der Waals surface area (Å²) in [5.41, 5.74) is -3.48. The first-order valence-electron chi connectivity index (χ1n) is 6.99. The quantitative estimate of drug-likeness (QED) is 0.629. The topological polar surface area (TPSA) is 37.3 Å². The van der Waals surface area contributed by atoms with Crippen molar-refractivity contribution in [1.29, 1.82) is 0 Å². The van der Waals surface area contributed by atoms with Gasteiger partial charge in [0.25, 0.3) is 0 Å². The van der Waals surface area contributed by atoms with Crippen molar-refractivity contribution in [2.75, 3.05) is 0 Å². The molecule has 0 heterocycles. The smallest absolute Gasteiger partial charge is 0.376 e. The zero-order valence-corrected chi connectivity index (χ0v) is 15.1. The zero-order chi connectivity index (χ0) is 19.0. The van der Waals surface area contributed by atoms with E-state index in [1.807, 2.05) is 0 Å². The molecule has 2 nitrogen and oxygen atoms in total. The van der Waals surface area contributed by atoms with E-state index in [1.54, 1.807) is 6.92 Å². The van der Waals surface area contributed by atoms with Crippen LogP contribution >= 0.6 is 34.8 Å². The maximum atomic E-state index is 13.6. The van der Waals surface area contributed by atoms with Crippen LogP contribution in [0.15, 0.2) is 36.4 Å². The van der Waals surface area contributed by atoms with E-state index in [9.17, 15) is 23.1 Å². The number of aliphatic hydroxyl groups is 1. The fourth-order valence-electron chi connectivity index (χ4n) is 2.31. The minimum absolute atomic E-state index is 0.0118. The van der Waals surface area contributed by atoms with E-state index >= 15 is 0 Å². The van der Waals surface area contributed by atoms with Crippen molar-refractivity contribution in [1.82, 2.24) is 0 Å². The van der Waals surface area contributed by atoms with Crippen LogP contribution in [0.4, 0.5) is 13.2 Å². The number of aryl methyl sites for hydroxylation is 1. The van der Waals surface area contributed by atoms with Crippen molar-refractivity contribution in [2.24, 2.45) is 0 Å². The molecule has 2 aromatic rings. The first kappa shape index (κ1) is 20.0. The second kappa shape index (κ2) is 7.16. The molecule has 0 spiro atoms. The van der Waals surface area contributed by atoms with Crippen molar-refractivity contribution >= 4 is 40.6 Å². The minimum atomic E-state index is -5.11. The van der Waals surface area contributed by atoms with Gasteiger partial charge in [-0.2, -0.15) is 13.2 Å². The Morgan fingerprint density at radius 2 is 1.60 bits per heavy atom. The molecule has 0 saturated heterocycles. The first-order valence-corrected chi connectivity index (χ1v) is 8.12. The lowest BCUT2D eigenvalue weighted by Gasteiger charge is -2.30. The highest BCUT2D eigenvalue weighted by Crippen LogP contribution is 2.43. The van der Waals surface area contributed by atoms with Gasteiger partial charge >= 0.3 is 6.18 Å². The highest BCUT2D eigenvalue weighted by Gasteiger charge is 2.56. The summed E-state index contributed by atoms with van der Waals surface area (Å²) in [5.74, 6) is -0.893. The molecule has 0 saturated carbocycles. The van der Waals surface area contributed by atoms with Gasteiger partial charge in [-0.05, 0) is 54.4 Å². The van der Waals surface area contributed by atoms with Crippen LogP contribution in [0.2, 0.25) is 15.1 Å². The third-order valence-corrected chi connectivity index (χ3v) is 4.57. The summed E-state index contributed by atoms with van der Waals surface area (Å²) in [5, 5.41) is 10.5. The number of hydrogen-bond acceptors (Lipinski definition) is 2. The van der Waals surface area contributed by atoms with Crippen molar-refractivity contribution in [3.05, 3.63) is 68.2 Å². The van der Waals surface area contributed by atoms with Gasteiger partial charge in [0.05, 0.1) is 6.42 Å². The predicted molar refractivity (Wildman–Crippen MR) is 91.6 cm³/mol. The molecule has 2 aromatic carbocycles. The maximum absolute atomic E-state index is 13.6. The molecule has 0 bridgehead atoms. The largest absolute Gasteiger partial charge is 0.421 e. The Hall–Kier alpha value is -1.27. The number of rotatable bonds is 4. The Morgan fingerprint density at radius 3 is 2.08 bits per heavy atom. The zero-order valence-electron chi connectivity index (χ0n) is 12.8. The van der Waals surface area contributed by atoms with Crippen LogP contribution in [0.5, 0.6) is 0 Å². The van der Waals surface area contributed by atoms with Crippen LogP contribution in [-0.4, -0.2) is 17.1 Å². The van der Waals surface area contributed by atoms with Crippen LogP contribution in [0, 0.1) is 6.92 Å². The van der Waals surface area contributed by atoms with Crippen LogP contribution in [0.3, 0.4) is 0 Å². The number of ketones is 1. The minimum Gasteiger partial charge on any atom is -0.376 e. The summed E-state index contributed by atoms with van der Waals surface area (Å²) in [6.45, 7) is 1.62. The Morgan fingerprint density at radius 1 is 1.04 bits per heavy atom. The lowest BCUT2D eigenvalue weighted by atomic mass is 9.86. The monoisotopic (exact) mass is 410 g/mol. The molecule has 0 radical (unpaired) electrons. The van der Waals surface area contributed by atoms with Crippen LogP contribution in [0.25, 0.3) is 0 Å². The highest BCUT2D eigenvalue weighted by molar-refractivity contribution is 6.34. The number of halogens is 6. The highest BCUT2D eigenvalue weighted by atomic mass is 35.5. The Kier molecular flexibility index (Phi) is 5.74. The molecule has 0 aliphatic rings. The number of benzene rings is 2. The van der Waals surface area contributed by atoms with Gasteiger partial charge < -0.3 is 5.11 Å². The summed E-state index contributed by atoms with van der Waals surface area (Å²) >= 11 is 17.3. The summed E-state index contributed by atoms with van der Waals surface area (Å²) in [4.78, 5) is 12.3. The van der Waals surface area contributed by atoms with Gasteiger partial charge in [0.15, 0.2) is 11.4 Å². The molecule has 0 aromatic heterocycles. The van der Waals surface area contributed by atoms with Gasteiger partial charge in [-0.25, -0.2) is 0 Å². The molecule has 0 fully saturated rings. The SMILES string of the molecule is Cc1cc(C(=O)CC(O)(c2cc(Cl)cc(Cl)c2)C(F)(F)F)ccc1Cl. The van der Waals surface area contributed by atoms with Crippen LogP contribution in [0.1, 0.15) is 27.9 Å². The van der Waals surface area contributed by atoms with Crippen molar-refractivity contribution in [2.45, 2.75) is 25.1 Å². The van der Waals surface area contributed by atoms with Gasteiger partial charge in [0, 0.05) is 20.6 Å². The van der Waals surface area contributed by atoms with Gasteiger partial charge in [-0.1, -0.05) is 34.8 Å². The summed E-state index contributed by atoms with van der Waals surface area (Å²) < 4.78 is 40.7. The molecule has 0 aliphatic carbocycles. The van der Waals surface area contributed by atoms with Gasteiger partial charge in [0.1, 0.15) is 0 Å². The van der Waals surface area contributed by atoms with Crippen LogP contribution in [-0.2, 0) is 5.60 Å². The Labute approximate surface area is 157 Å². The lowest BCUT2D eigenvalue weighted by Crippen LogP contribution is -2.44. The molecular formula is C17H12Cl3F3O2. The first-order chi connectivity index (χ1) is 11.4. The van der Waals surface area contributed by atoms with E-state index in [1.165, 1.54) is 24.3 Å². The summed E-state index contributed by atoms with van der Waals surface area (Å²) in [7, 11) is 0. The third-order valence-electron chi connectivity index (χ3n) is 3.71. The van der Waals surface area contributed by atoms with Crippen LogP contribution < -0.4 is 0 Å². The molecule has 0 aliphatic heterocycles. The number of carbonyl (C=O) groups is 1. The van der Waals surface area contributed by atoms with Gasteiger partial charge in [-0.3, -0.25) is 4.79 Å². The van der Waals surface area contributed by atoms with E-state index in [0.29, 0.717) is 10.6 Å². The maximum Gasteiger partial charge on any atom is 0.421 e. The molecule has 8 heteroatoms. The van der Waals surface area contributed by atoms with Gasteiger partial charge in [0.2, 0.25) is 0 Å². The molecule has 25 heavy (non-hydrogen) atoms. The molecular weight excluding hydrogens is 400 g/mol. The number of hydrogen-bond donors (Lipinski definition) is 1. The number of Topliss-reactive ketones (excluding diaryl/α,β-unsaturated/α-hetero) is 1. The van der Waals surface area contributed by atoms with E-state index < -0.39 is 29.5 Å². The second-order valence-electron chi connectivity index (χ2n) is 5.58. The lowest BCUT2D eigenvalue weighted by molar-refractivity contribution is -0.264. The summed E-state index contributed by atoms with van der Waals surface area (Å²) in [6.07, 6.45) is -6.33. The summed E-state index contributed by atoms with van der Waals surface area (Å²) in [6, 6.07) is 7.18. The molecule has 134 valence electrons. The van der Waals surface area contributed by atoms with E-state index in [0.717, 1.165) is 12.1 Å². The molecule has 1 atom stereocenters. The number of alkyl halides is 3. The Balaban J connectivity index is 2.47. The van der Waals surface area contributed by atoms with Crippen molar-refractivity contribution in [3.63, 3.8) is 0 Å². The fraction of sp³-hybridized carbons (Fsp3) is 0.235. The third kappa shape index (κ3) is 4.29. The van der Waals surface area contributed by atoms with E-state index in [-0.39, 0.29) is 15.6 Å². The van der Waals surface area contributed by atoms with Crippen molar-refractivity contribution in [3.8, 4) is 0 Å². The standard InChI is InChI=1S/C17H12Cl3F3O2/c1-9-4-10(2-3-14(9)20)15(24)8-16(25,17(21,22)23)11-5-12(18)7-13(19)6-11/h2-7,25H,8H2,1H3. The van der Waals surface area contributed by atoms with E-state index in [4.69, 9.17) is 34.8 Å². The molecule has 0 amide bonds. The Bertz CT molecular complexity index is 801. The van der Waals surface area contributed by atoms with Gasteiger partial charge in [-0.15, -0.1) is 0 Å². The fourth-order valence-corrected chi connectivity index (χ4v) is 2.95. The molecule has 1 N–H and O–H groups in total. The number of carbonyl (C=O) groups excluding carboxylic acids is 1. The second-order valence-corrected chi connectivity index (χ2v) is 6.86. The predicted octanol–water partition coefficient (Wildman–Crippen LogP) is 5.98. The van der Waals surface area contributed by atoms with Crippen molar-refractivity contribution < 1.29 is 23.1 Å². The average molecular weight is 412 g/mol. The van der Waals surface area contributed by atoms with E-state index in [2.05, 4.69) is 0 Å². The normalized spacial score (nSPS) is 14.2. The average Bonchev–Trinajstić information content (AvgIpc) is 2.47. The molecule has 1 unspecified atom stereocenters. The molecule has 2 rings (SSSR count).